The lowest BCUT2D eigenvalue weighted by atomic mass is 10.2. The first-order valence-corrected chi connectivity index (χ1v) is 5.49. The summed E-state index contributed by atoms with van der Waals surface area (Å²) in [4.78, 5) is 4.16. The van der Waals surface area contributed by atoms with E-state index in [2.05, 4.69) is 22.3 Å². The van der Waals surface area contributed by atoms with Gasteiger partial charge in [-0.25, -0.2) is 0 Å². The summed E-state index contributed by atoms with van der Waals surface area (Å²) in [6.45, 7) is 2.79. The zero-order valence-electron chi connectivity index (χ0n) is 9.77. The zero-order chi connectivity index (χ0) is 12.1. The lowest BCUT2D eigenvalue weighted by Crippen LogP contribution is -2.00. The highest BCUT2D eigenvalue weighted by atomic mass is 14.9. The summed E-state index contributed by atoms with van der Waals surface area (Å²) in [5.41, 5.74) is 4.25. The number of nitrogens with one attached hydrogen (secondary N) is 1. The third kappa shape index (κ3) is 3.09. The molecule has 2 rings (SSSR count). The van der Waals surface area contributed by atoms with Gasteiger partial charge in [0.2, 0.25) is 0 Å². The monoisotopic (exact) mass is 222 g/mol. The van der Waals surface area contributed by atoms with E-state index in [0.717, 1.165) is 23.4 Å². The van der Waals surface area contributed by atoms with Gasteiger partial charge in [0, 0.05) is 30.2 Å². The number of aromatic nitrogens is 1. The normalized spacial score (nSPS) is 9.65. The van der Waals surface area contributed by atoms with Gasteiger partial charge in [0.05, 0.1) is 0 Å². The number of aryl methyl sites for hydroxylation is 1. The van der Waals surface area contributed by atoms with Crippen LogP contribution < -0.4 is 5.32 Å². The maximum absolute atomic E-state index is 5.36. The number of hydrogen-bond donors (Lipinski definition) is 1. The Morgan fingerprint density at radius 3 is 2.94 bits per heavy atom. The van der Waals surface area contributed by atoms with Crippen LogP contribution in [0, 0.1) is 19.3 Å². The van der Waals surface area contributed by atoms with E-state index in [1.807, 2.05) is 43.6 Å². The van der Waals surface area contributed by atoms with Gasteiger partial charge in [-0.1, -0.05) is 18.1 Å². The lowest BCUT2D eigenvalue weighted by Gasteiger charge is -2.07. The predicted molar refractivity (Wildman–Crippen MR) is 70.7 cm³/mol. The summed E-state index contributed by atoms with van der Waals surface area (Å²) in [5, 5.41) is 3.33. The van der Waals surface area contributed by atoms with Crippen molar-refractivity contribution in [3.05, 3.63) is 59.4 Å². The molecule has 1 heterocycles. The Hall–Kier alpha value is -2.27. The summed E-state index contributed by atoms with van der Waals surface area (Å²) in [6, 6.07) is 9.95. The van der Waals surface area contributed by atoms with E-state index >= 15 is 0 Å². The summed E-state index contributed by atoms with van der Waals surface area (Å²) in [5.74, 6) is 2.62. The van der Waals surface area contributed by atoms with Crippen molar-refractivity contribution >= 4 is 5.69 Å². The quantitative estimate of drug-likeness (QED) is 0.807. The van der Waals surface area contributed by atoms with Crippen LogP contribution in [0.2, 0.25) is 0 Å². The molecule has 2 aromatic rings. The Kier molecular flexibility index (Phi) is 3.42. The molecule has 0 fully saturated rings. The predicted octanol–water partition coefficient (Wildman–Crippen LogP) is 2.98. The molecule has 0 saturated carbocycles. The Morgan fingerprint density at radius 2 is 2.18 bits per heavy atom. The minimum absolute atomic E-state index is 0.753. The molecule has 1 aromatic heterocycles. The largest absolute Gasteiger partial charge is 0.381 e. The lowest BCUT2D eigenvalue weighted by molar-refractivity contribution is 1.10. The molecule has 0 saturated heterocycles. The van der Waals surface area contributed by atoms with Gasteiger partial charge in [-0.15, -0.1) is 6.42 Å². The van der Waals surface area contributed by atoms with E-state index in [1.54, 1.807) is 0 Å². The molecule has 0 bridgehead atoms. The first-order chi connectivity index (χ1) is 8.28. The summed E-state index contributed by atoms with van der Waals surface area (Å²) in [7, 11) is 0. The van der Waals surface area contributed by atoms with Crippen LogP contribution >= 0.6 is 0 Å². The second-order valence-electron chi connectivity index (χ2n) is 3.95. The van der Waals surface area contributed by atoms with Crippen LogP contribution in [-0.4, -0.2) is 4.98 Å². The number of terminal acetylenes is 1. The highest BCUT2D eigenvalue weighted by molar-refractivity contribution is 5.50. The van der Waals surface area contributed by atoms with Gasteiger partial charge in [-0.3, -0.25) is 4.98 Å². The topological polar surface area (TPSA) is 24.9 Å². The van der Waals surface area contributed by atoms with Crippen LogP contribution in [0.3, 0.4) is 0 Å². The first-order valence-electron chi connectivity index (χ1n) is 5.49. The van der Waals surface area contributed by atoms with Crippen LogP contribution in [0.1, 0.15) is 16.7 Å². The zero-order valence-corrected chi connectivity index (χ0v) is 9.77. The Labute approximate surface area is 102 Å². The Morgan fingerprint density at radius 1 is 1.29 bits per heavy atom. The van der Waals surface area contributed by atoms with Gasteiger partial charge in [-0.05, 0) is 36.2 Å². The van der Waals surface area contributed by atoms with E-state index in [1.165, 1.54) is 5.56 Å². The molecule has 17 heavy (non-hydrogen) atoms. The Bertz CT molecular complexity index is 553. The third-order valence-corrected chi connectivity index (χ3v) is 2.46. The molecule has 0 unspecified atom stereocenters. The van der Waals surface area contributed by atoms with Gasteiger partial charge in [0.15, 0.2) is 0 Å². The highest BCUT2D eigenvalue weighted by Gasteiger charge is 1.96. The molecular weight excluding hydrogens is 208 g/mol. The van der Waals surface area contributed by atoms with E-state index in [-0.39, 0.29) is 0 Å². The Balaban J connectivity index is 2.05. The second kappa shape index (κ2) is 5.18. The van der Waals surface area contributed by atoms with Crippen LogP contribution in [0.15, 0.2) is 42.7 Å². The van der Waals surface area contributed by atoms with Crippen molar-refractivity contribution in [1.82, 2.24) is 4.98 Å². The fraction of sp³-hybridized carbons (Fsp3) is 0.133. The molecule has 0 aliphatic carbocycles. The SMILES string of the molecule is C#Cc1cccc(NCc2cncc(C)c2)c1. The fourth-order valence-electron chi connectivity index (χ4n) is 1.64. The molecule has 0 aliphatic rings. The van der Waals surface area contributed by atoms with Gasteiger partial charge < -0.3 is 5.32 Å². The van der Waals surface area contributed by atoms with Crippen molar-refractivity contribution in [3.8, 4) is 12.3 Å². The second-order valence-corrected chi connectivity index (χ2v) is 3.95. The average molecular weight is 222 g/mol. The van der Waals surface area contributed by atoms with Crippen molar-refractivity contribution in [1.29, 1.82) is 0 Å². The third-order valence-electron chi connectivity index (χ3n) is 2.46. The number of benzene rings is 1. The minimum Gasteiger partial charge on any atom is -0.381 e. The maximum atomic E-state index is 5.36. The van der Waals surface area contributed by atoms with E-state index in [0.29, 0.717) is 0 Å². The molecule has 0 aliphatic heterocycles. The molecule has 0 radical (unpaired) electrons. The first kappa shape index (κ1) is 11.2. The van der Waals surface area contributed by atoms with Gasteiger partial charge in [0.1, 0.15) is 0 Å². The molecule has 2 heteroatoms. The molecule has 0 amide bonds. The smallest absolute Gasteiger partial charge is 0.0416 e. The maximum Gasteiger partial charge on any atom is 0.0416 e. The van der Waals surface area contributed by atoms with Gasteiger partial charge >= 0.3 is 0 Å². The number of nitrogens with zero attached hydrogens (tertiary/aromatic N) is 1. The van der Waals surface area contributed by atoms with Crippen molar-refractivity contribution in [2.75, 3.05) is 5.32 Å². The van der Waals surface area contributed by atoms with Crippen molar-refractivity contribution in [2.24, 2.45) is 0 Å². The van der Waals surface area contributed by atoms with E-state index in [4.69, 9.17) is 6.42 Å². The molecule has 2 nitrogen and oxygen atoms in total. The van der Waals surface area contributed by atoms with E-state index < -0.39 is 0 Å². The van der Waals surface area contributed by atoms with Crippen LogP contribution in [0.4, 0.5) is 5.69 Å². The number of rotatable bonds is 3. The highest BCUT2D eigenvalue weighted by Crippen LogP contribution is 2.11. The van der Waals surface area contributed by atoms with Gasteiger partial charge in [0.25, 0.3) is 0 Å². The molecule has 1 N–H and O–H groups in total. The molecule has 84 valence electrons. The van der Waals surface area contributed by atoms with Crippen LogP contribution in [0.25, 0.3) is 0 Å². The minimum atomic E-state index is 0.753. The number of pyridine rings is 1. The standard InChI is InChI=1S/C15H14N2/c1-3-13-5-4-6-15(8-13)17-11-14-7-12(2)9-16-10-14/h1,4-10,17H,11H2,2H3. The summed E-state index contributed by atoms with van der Waals surface area (Å²) >= 11 is 0. The molecule has 0 spiro atoms. The molecule has 0 atom stereocenters. The summed E-state index contributed by atoms with van der Waals surface area (Å²) in [6.07, 6.45) is 9.07. The van der Waals surface area contributed by atoms with Crippen molar-refractivity contribution in [3.63, 3.8) is 0 Å². The van der Waals surface area contributed by atoms with Crippen LogP contribution in [-0.2, 0) is 6.54 Å². The fourth-order valence-corrected chi connectivity index (χ4v) is 1.64. The average Bonchev–Trinajstić information content (AvgIpc) is 2.37. The number of anilines is 1. The molecule has 1 aromatic carbocycles. The van der Waals surface area contributed by atoms with Crippen LogP contribution in [0.5, 0.6) is 0 Å². The van der Waals surface area contributed by atoms with Gasteiger partial charge in [-0.2, -0.15) is 0 Å². The van der Waals surface area contributed by atoms with Crippen molar-refractivity contribution < 1.29 is 0 Å². The summed E-state index contributed by atoms with van der Waals surface area (Å²) < 4.78 is 0. The number of hydrogen-bond acceptors (Lipinski definition) is 2. The van der Waals surface area contributed by atoms with Crippen molar-refractivity contribution in [2.45, 2.75) is 13.5 Å². The molecular formula is C15H14N2. The van der Waals surface area contributed by atoms with E-state index in [9.17, 15) is 0 Å².